The zero-order valence-corrected chi connectivity index (χ0v) is 15.1. The van der Waals surface area contributed by atoms with E-state index in [0.29, 0.717) is 6.54 Å². The molecular weight excluding hydrogens is 306 g/mol. The predicted octanol–water partition coefficient (Wildman–Crippen LogP) is 3.02. The third-order valence-electron chi connectivity index (χ3n) is 4.05. The minimum absolute atomic E-state index is 0.0497. The van der Waals surface area contributed by atoms with Crippen LogP contribution in [0.2, 0.25) is 0 Å². The van der Waals surface area contributed by atoms with Gasteiger partial charge in [-0.15, -0.1) is 11.8 Å². The molecule has 0 saturated carbocycles. The van der Waals surface area contributed by atoms with Gasteiger partial charge in [0.1, 0.15) is 0 Å². The van der Waals surface area contributed by atoms with E-state index in [-0.39, 0.29) is 11.2 Å². The Kier molecular flexibility index (Phi) is 6.28. The van der Waals surface area contributed by atoms with Crippen LogP contribution in [-0.2, 0) is 24.0 Å². The fourth-order valence-corrected chi connectivity index (χ4v) is 3.37. The Balaban J connectivity index is 1.76. The van der Waals surface area contributed by atoms with Crippen LogP contribution in [-0.4, -0.2) is 27.5 Å². The van der Waals surface area contributed by atoms with E-state index in [0.717, 1.165) is 17.9 Å². The van der Waals surface area contributed by atoms with E-state index in [1.165, 1.54) is 16.8 Å². The van der Waals surface area contributed by atoms with E-state index >= 15 is 0 Å². The highest BCUT2D eigenvalue weighted by Gasteiger charge is 2.14. The van der Waals surface area contributed by atoms with Crippen LogP contribution in [0, 0.1) is 13.8 Å². The second-order valence-electron chi connectivity index (χ2n) is 5.75. The Hall–Kier alpha value is -1.75. The van der Waals surface area contributed by atoms with Crippen molar-refractivity contribution in [1.29, 1.82) is 0 Å². The van der Waals surface area contributed by atoms with Crippen molar-refractivity contribution in [2.45, 2.75) is 38.2 Å². The van der Waals surface area contributed by atoms with Crippen LogP contribution in [0.15, 0.2) is 30.3 Å². The molecule has 0 bridgehead atoms. The largest absolute Gasteiger partial charge is 0.355 e. The maximum atomic E-state index is 12.2. The highest BCUT2D eigenvalue weighted by molar-refractivity contribution is 7.99. The first-order valence-corrected chi connectivity index (χ1v) is 8.96. The summed E-state index contributed by atoms with van der Waals surface area (Å²) in [4.78, 5) is 12.2. The van der Waals surface area contributed by atoms with Crippen LogP contribution in [0.1, 0.15) is 29.4 Å². The molecule has 1 amide bonds. The van der Waals surface area contributed by atoms with Gasteiger partial charge in [0.05, 0.1) is 10.9 Å². The molecule has 0 fully saturated rings. The number of nitrogens with one attached hydrogen (secondary N) is 1. The van der Waals surface area contributed by atoms with Crippen LogP contribution in [0.25, 0.3) is 0 Å². The van der Waals surface area contributed by atoms with E-state index in [4.69, 9.17) is 0 Å². The minimum Gasteiger partial charge on any atom is -0.355 e. The number of nitrogens with zero attached hydrogens (tertiary/aromatic N) is 2. The molecule has 0 aliphatic heterocycles. The summed E-state index contributed by atoms with van der Waals surface area (Å²) in [6.45, 7) is 6.70. The van der Waals surface area contributed by atoms with Crippen molar-refractivity contribution in [3.8, 4) is 0 Å². The summed E-state index contributed by atoms with van der Waals surface area (Å²) in [5, 5.41) is 7.39. The van der Waals surface area contributed by atoms with Gasteiger partial charge in [-0.05, 0) is 38.3 Å². The molecule has 1 atom stereocenters. The Morgan fingerprint density at radius 1 is 1.30 bits per heavy atom. The van der Waals surface area contributed by atoms with E-state index < -0.39 is 0 Å². The number of aryl methyl sites for hydroxylation is 2. The number of rotatable bonds is 7. The molecule has 4 nitrogen and oxygen atoms in total. The summed E-state index contributed by atoms with van der Waals surface area (Å²) in [7, 11) is 1.95. The first kappa shape index (κ1) is 17.6. The Labute approximate surface area is 142 Å². The Morgan fingerprint density at radius 2 is 2.00 bits per heavy atom. The Bertz CT molecular complexity index is 652. The molecule has 1 heterocycles. The van der Waals surface area contributed by atoms with Crippen molar-refractivity contribution >= 4 is 17.7 Å². The molecule has 0 unspecified atom stereocenters. The van der Waals surface area contributed by atoms with Crippen LogP contribution >= 0.6 is 11.8 Å². The standard InChI is InChI=1S/C18H25N3OS/c1-13-17(14(2)21(4)20-13)10-11-19-18(22)15(3)23-12-16-8-6-5-7-9-16/h5-9,15H,10-12H2,1-4H3,(H,19,22)/t15-/m0/s1. The lowest BCUT2D eigenvalue weighted by atomic mass is 10.1. The molecule has 0 spiro atoms. The number of aromatic nitrogens is 2. The second-order valence-corrected chi connectivity index (χ2v) is 7.08. The molecule has 23 heavy (non-hydrogen) atoms. The van der Waals surface area contributed by atoms with Crippen molar-refractivity contribution in [3.63, 3.8) is 0 Å². The van der Waals surface area contributed by atoms with Gasteiger partial charge in [0.15, 0.2) is 0 Å². The molecule has 5 heteroatoms. The second kappa shape index (κ2) is 8.20. The third kappa shape index (κ3) is 4.86. The smallest absolute Gasteiger partial charge is 0.232 e. The average Bonchev–Trinajstić information content (AvgIpc) is 2.79. The molecule has 2 rings (SSSR count). The summed E-state index contributed by atoms with van der Waals surface area (Å²) < 4.78 is 1.89. The number of thioether (sulfide) groups is 1. The first-order valence-electron chi connectivity index (χ1n) is 7.91. The lowest BCUT2D eigenvalue weighted by Crippen LogP contribution is -2.32. The molecular formula is C18H25N3OS. The summed E-state index contributed by atoms with van der Waals surface area (Å²) in [6, 6.07) is 10.2. The van der Waals surface area contributed by atoms with Crippen LogP contribution in [0.5, 0.6) is 0 Å². The van der Waals surface area contributed by atoms with E-state index in [9.17, 15) is 4.79 Å². The average molecular weight is 331 g/mol. The van der Waals surface area contributed by atoms with Crippen molar-refractivity contribution in [2.75, 3.05) is 6.54 Å². The molecule has 2 aromatic rings. The normalized spacial score (nSPS) is 12.2. The number of hydrogen-bond donors (Lipinski definition) is 1. The topological polar surface area (TPSA) is 46.9 Å². The molecule has 1 N–H and O–H groups in total. The van der Waals surface area contributed by atoms with E-state index in [1.54, 1.807) is 11.8 Å². The van der Waals surface area contributed by atoms with Gasteiger partial charge in [0.2, 0.25) is 5.91 Å². The number of benzene rings is 1. The van der Waals surface area contributed by atoms with Crippen molar-refractivity contribution in [1.82, 2.24) is 15.1 Å². The first-order chi connectivity index (χ1) is 11.0. The lowest BCUT2D eigenvalue weighted by molar-refractivity contribution is -0.120. The number of hydrogen-bond acceptors (Lipinski definition) is 3. The van der Waals surface area contributed by atoms with Gasteiger partial charge in [0.25, 0.3) is 0 Å². The highest BCUT2D eigenvalue weighted by Crippen LogP contribution is 2.17. The van der Waals surface area contributed by atoms with Crippen LogP contribution < -0.4 is 5.32 Å². The molecule has 1 aromatic carbocycles. The molecule has 0 saturated heterocycles. The van der Waals surface area contributed by atoms with E-state index in [2.05, 4.69) is 29.5 Å². The zero-order valence-electron chi connectivity index (χ0n) is 14.3. The van der Waals surface area contributed by atoms with Crippen LogP contribution in [0.3, 0.4) is 0 Å². The maximum absolute atomic E-state index is 12.2. The molecule has 124 valence electrons. The third-order valence-corrected chi connectivity index (χ3v) is 5.26. The molecule has 0 aliphatic rings. The maximum Gasteiger partial charge on any atom is 0.232 e. The monoisotopic (exact) mass is 331 g/mol. The Morgan fingerprint density at radius 3 is 2.61 bits per heavy atom. The van der Waals surface area contributed by atoms with Crippen molar-refractivity contribution in [2.24, 2.45) is 7.05 Å². The number of carbonyl (C=O) groups excluding carboxylic acids is 1. The van der Waals surface area contributed by atoms with Crippen LogP contribution in [0.4, 0.5) is 0 Å². The van der Waals surface area contributed by atoms with Crippen molar-refractivity contribution in [3.05, 3.63) is 52.8 Å². The summed E-state index contributed by atoms with van der Waals surface area (Å²) in [6.07, 6.45) is 0.827. The molecule has 1 aromatic heterocycles. The predicted molar refractivity (Wildman–Crippen MR) is 96.6 cm³/mol. The SMILES string of the molecule is Cc1nn(C)c(C)c1CCNC(=O)[C@H](C)SCc1ccccc1. The number of carbonyl (C=O) groups is 1. The molecule has 0 aliphatic carbocycles. The quantitative estimate of drug-likeness (QED) is 0.848. The van der Waals surface area contributed by atoms with E-state index in [1.807, 2.05) is 43.8 Å². The van der Waals surface area contributed by atoms with Gasteiger partial charge in [-0.2, -0.15) is 5.10 Å². The van der Waals surface area contributed by atoms with Crippen molar-refractivity contribution < 1.29 is 4.79 Å². The summed E-state index contributed by atoms with van der Waals surface area (Å²) in [5.41, 5.74) is 4.70. The minimum atomic E-state index is -0.0497. The fraction of sp³-hybridized carbons (Fsp3) is 0.444. The highest BCUT2D eigenvalue weighted by atomic mass is 32.2. The summed E-state index contributed by atoms with van der Waals surface area (Å²) in [5.74, 6) is 0.959. The van der Waals surface area contributed by atoms with Gasteiger partial charge >= 0.3 is 0 Å². The van der Waals surface area contributed by atoms with Gasteiger partial charge in [-0.25, -0.2) is 0 Å². The fourth-order valence-electron chi connectivity index (χ4n) is 2.50. The number of amides is 1. The summed E-state index contributed by atoms with van der Waals surface area (Å²) >= 11 is 1.67. The van der Waals surface area contributed by atoms with Gasteiger partial charge in [-0.3, -0.25) is 9.48 Å². The molecule has 0 radical (unpaired) electrons. The van der Waals surface area contributed by atoms with Gasteiger partial charge < -0.3 is 5.32 Å². The van der Waals surface area contributed by atoms with Gasteiger partial charge in [-0.1, -0.05) is 30.3 Å². The lowest BCUT2D eigenvalue weighted by Gasteiger charge is -2.12. The zero-order chi connectivity index (χ0) is 16.8. The van der Waals surface area contributed by atoms with Gasteiger partial charge in [0, 0.05) is 25.0 Å².